The molecule has 0 unspecified atom stereocenters. The van der Waals surface area contributed by atoms with Crippen LogP contribution in [0.5, 0.6) is 0 Å². The van der Waals surface area contributed by atoms with Gasteiger partial charge in [0.1, 0.15) is 0 Å². The molecule has 1 aliphatic rings. The quantitative estimate of drug-likeness (QED) is 0.805. The second-order valence-electron chi connectivity index (χ2n) is 5.41. The molecule has 0 radical (unpaired) electrons. The number of benzene rings is 1. The number of rotatable bonds is 3. The van der Waals surface area contributed by atoms with Crippen molar-refractivity contribution in [2.45, 2.75) is 44.6 Å². The highest BCUT2D eigenvalue weighted by molar-refractivity contribution is 9.09. The number of hydrogen-bond acceptors (Lipinski definition) is 1. The summed E-state index contributed by atoms with van der Waals surface area (Å²) in [5, 5.41) is 4.52. The summed E-state index contributed by atoms with van der Waals surface area (Å²) in [6.07, 6.45) is 5.68. The van der Waals surface area contributed by atoms with Crippen LogP contribution in [0.15, 0.2) is 18.2 Å². The minimum atomic E-state index is -0.108. The highest BCUT2D eigenvalue weighted by Gasteiger charge is 2.33. The summed E-state index contributed by atoms with van der Waals surface area (Å²) < 4.78 is 0. The molecule has 19 heavy (non-hydrogen) atoms. The van der Waals surface area contributed by atoms with Gasteiger partial charge in [-0.25, -0.2) is 0 Å². The normalized spacial score (nSPS) is 18.1. The van der Waals surface area contributed by atoms with Crippen LogP contribution in [0.4, 0.5) is 0 Å². The lowest BCUT2D eigenvalue weighted by atomic mass is 9.83. The average molecular weight is 345 g/mol. The number of aryl methyl sites for hydroxylation is 1. The molecule has 0 aromatic heterocycles. The van der Waals surface area contributed by atoms with E-state index in [2.05, 4.69) is 21.2 Å². The molecule has 104 valence electrons. The number of hydrogen-bond donors (Lipinski definition) is 1. The van der Waals surface area contributed by atoms with Crippen molar-refractivity contribution in [3.05, 3.63) is 34.3 Å². The zero-order valence-electron chi connectivity index (χ0n) is 11.1. The summed E-state index contributed by atoms with van der Waals surface area (Å²) in [5.41, 5.74) is 1.52. The topological polar surface area (TPSA) is 29.1 Å². The molecule has 0 heterocycles. The minimum absolute atomic E-state index is 0.0636. The Morgan fingerprint density at radius 3 is 2.63 bits per heavy atom. The second kappa shape index (κ2) is 6.27. The van der Waals surface area contributed by atoms with Crippen LogP contribution in [0.25, 0.3) is 0 Å². The van der Waals surface area contributed by atoms with Crippen molar-refractivity contribution < 1.29 is 4.79 Å². The molecule has 0 atom stereocenters. The monoisotopic (exact) mass is 343 g/mol. The molecule has 1 saturated carbocycles. The second-order valence-corrected chi connectivity index (χ2v) is 6.38. The maximum absolute atomic E-state index is 12.4. The van der Waals surface area contributed by atoms with Crippen LogP contribution in [0.3, 0.4) is 0 Å². The Hall–Kier alpha value is -0.540. The Morgan fingerprint density at radius 1 is 1.37 bits per heavy atom. The molecule has 2 nitrogen and oxygen atoms in total. The first kappa shape index (κ1) is 14.9. The molecular weight excluding hydrogens is 326 g/mol. The molecule has 0 aliphatic heterocycles. The molecule has 4 heteroatoms. The van der Waals surface area contributed by atoms with Crippen LogP contribution in [0.1, 0.15) is 48.0 Å². The molecular formula is C15H19BrClNO. The van der Waals surface area contributed by atoms with Gasteiger partial charge in [0, 0.05) is 5.33 Å². The van der Waals surface area contributed by atoms with Gasteiger partial charge in [-0.15, -0.1) is 0 Å². The van der Waals surface area contributed by atoms with Crippen LogP contribution in [0, 0.1) is 6.92 Å². The molecule has 1 N–H and O–H groups in total. The SMILES string of the molecule is Cc1ccc(C(=O)NC2(CBr)CCCCC2)c(Cl)c1. The van der Waals surface area contributed by atoms with E-state index in [1.165, 1.54) is 19.3 Å². The van der Waals surface area contributed by atoms with E-state index in [0.717, 1.165) is 23.7 Å². The number of nitrogens with one attached hydrogen (secondary N) is 1. The third-order valence-corrected chi connectivity index (χ3v) is 5.20. The van der Waals surface area contributed by atoms with Gasteiger partial charge in [0.05, 0.1) is 16.1 Å². The number of amides is 1. The van der Waals surface area contributed by atoms with Gasteiger partial charge in [0.15, 0.2) is 0 Å². The fourth-order valence-corrected chi connectivity index (χ4v) is 3.65. The molecule has 0 saturated heterocycles. The third-order valence-electron chi connectivity index (χ3n) is 3.81. The average Bonchev–Trinajstić information content (AvgIpc) is 2.39. The summed E-state index contributed by atoms with van der Waals surface area (Å²) in [5.74, 6) is -0.0636. The maximum Gasteiger partial charge on any atom is 0.253 e. The minimum Gasteiger partial charge on any atom is -0.346 e. The van der Waals surface area contributed by atoms with Crippen molar-refractivity contribution in [1.29, 1.82) is 0 Å². The Morgan fingerprint density at radius 2 is 2.05 bits per heavy atom. The highest BCUT2D eigenvalue weighted by Crippen LogP contribution is 2.30. The van der Waals surface area contributed by atoms with Crippen molar-refractivity contribution in [3.8, 4) is 0 Å². The van der Waals surface area contributed by atoms with Crippen molar-refractivity contribution in [1.82, 2.24) is 5.32 Å². The van der Waals surface area contributed by atoms with E-state index in [0.29, 0.717) is 10.6 Å². The third kappa shape index (κ3) is 3.51. The van der Waals surface area contributed by atoms with E-state index < -0.39 is 0 Å². The van der Waals surface area contributed by atoms with E-state index >= 15 is 0 Å². The molecule has 0 spiro atoms. The van der Waals surface area contributed by atoms with E-state index in [1.54, 1.807) is 6.07 Å². The van der Waals surface area contributed by atoms with Crippen molar-refractivity contribution in [3.63, 3.8) is 0 Å². The van der Waals surface area contributed by atoms with E-state index in [-0.39, 0.29) is 11.4 Å². The van der Waals surface area contributed by atoms with Crippen LogP contribution in [-0.2, 0) is 0 Å². The zero-order valence-corrected chi connectivity index (χ0v) is 13.5. The Bertz CT molecular complexity index is 469. The van der Waals surface area contributed by atoms with E-state index in [1.807, 2.05) is 19.1 Å². The van der Waals surface area contributed by atoms with Gasteiger partial charge in [-0.1, -0.05) is 52.9 Å². The zero-order chi connectivity index (χ0) is 13.9. The number of carbonyl (C=O) groups excluding carboxylic acids is 1. The molecule has 2 rings (SSSR count). The maximum atomic E-state index is 12.4. The van der Waals surface area contributed by atoms with Gasteiger partial charge in [0.2, 0.25) is 0 Å². The van der Waals surface area contributed by atoms with Crippen molar-refractivity contribution in [2.24, 2.45) is 0 Å². The highest BCUT2D eigenvalue weighted by atomic mass is 79.9. The molecule has 0 bridgehead atoms. The Balaban J connectivity index is 2.15. The van der Waals surface area contributed by atoms with Gasteiger partial charge in [-0.3, -0.25) is 4.79 Å². The van der Waals surface area contributed by atoms with Crippen LogP contribution >= 0.6 is 27.5 Å². The summed E-state index contributed by atoms with van der Waals surface area (Å²) in [4.78, 5) is 12.4. The number of halogens is 2. The standard InChI is InChI=1S/C15H19BrClNO/c1-11-5-6-12(13(17)9-11)14(19)18-15(10-16)7-3-2-4-8-15/h5-6,9H,2-4,7-8,10H2,1H3,(H,18,19). The fourth-order valence-electron chi connectivity index (χ4n) is 2.63. The summed E-state index contributed by atoms with van der Waals surface area (Å²) >= 11 is 9.71. The molecule has 1 aliphatic carbocycles. The van der Waals surface area contributed by atoms with Gasteiger partial charge in [-0.05, 0) is 37.5 Å². The number of alkyl halides is 1. The first-order chi connectivity index (χ1) is 9.06. The largest absolute Gasteiger partial charge is 0.346 e. The molecule has 1 aromatic rings. The van der Waals surface area contributed by atoms with Crippen LogP contribution in [-0.4, -0.2) is 16.8 Å². The predicted octanol–water partition coefficient (Wildman–Crippen LogP) is 4.48. The summed E-state index contributed by atoms with van der Waals surface area (Å²) in [6.45, 7) is 1.97. The number of carbonyl (C=O) groups is 1. The Labute approximate surface area is 128 Å². The summed E-state index contributed by atoms with van der Waals surface area (Å²) in [7, 11) is 0. The van der Waals surface area contributed by atoms with Crippen molar-refractivity contribution >= 4 is 33.4 Å². The van der Waals surface area contributed by atoms with E-state index in [4.69, 9.17) is 11.6 Å². The smallest absolute Gasteiger partial charge is 0.253 e. The lowest BCUT2D eigenvalue weighted by molar-refractivity contribution is 0.0886. The van der Waals surface area contributed by atoms with Crippen LogP contribution < -0.4 is 5.32 Å². The first-order valence-electron chi connectivity index (χ1n) is 6.71. The fraction of sp³-hybridized carbons (Fsp3) is 0.533. The van der Waals surface area contributed by atoms with Crippen LogP contribution in [0.2, 0.25) is 5.02 Å². The lowest BCUT2D eigenvalue weighted by Gasteiger charge is -2.36. The molecule has 1 fully saturated rings. The van der Waals surface area contributed by atoms with Gasteiger partial charge in [-0.2, -0.15) is 0 Å². The van der Waals surface area contributed by atoms with Gasteiger partial charge in [0.25, 0.3) is 5.91 Å². The van der Waals surface area contributed by atoms with Gasteiger partial charge >= 0.3 is 0 Å². The summed E-state index contributed by atoms with van der Waals surface area (Å²) in [6, 6.07) is 5.55. The molecule has 1 aromatic carbocycles. The lowest BCUT2D eigenvalue weighted by Crippen LogP contribution is -2.51. The predicted molar refractivity (Wildman–Crippen MR) is 83.3 cm³/mol. The van der Waals surface area contributed by atoms with Crippen molar-refractivity contribution in [2.75, 3.05) is 5.33 Å². The first-order valence-corrected chi connectivity index (χ1v) is 8.21. The van der Waals surface area contributed by atoms with Gasteiger partial charge < -0.3 is 5.32 Å². The Kier molecular flexibility index (Phi) is 4.91. The van der Waals surface area contributed by atoms with E-state index in [9.17, 15) is 4.79 Å². The molecule has 1 amide bonds.